The van der Waals surface area contributed by atoms with Crippen LogP contribution in [0.3, 0.4) is 0 Å². The first-order valence-electron chi connectivity index (χ1n) is 7.96. The van der Waals surface area contributed by atoms with Gasteiger partial charge in [-0.05, 0) is 49.9 Å². The number of aromatic nitrogens is 2. The molecule has 0 bridgehead atoms. The number of hydrogen-bond acceptors (Lipinski definition) is 4. The molecule has 1 aromatic carbocycles. The van der Waals surface area contributed by atoms with Crippen molar-refractivity contribution in [1.29, 1.82) is 0 Å². The highest BCUT2D eigenvalue weighted by Crippen LogP contribution is 2.33. The lowest BCUT2D eigenvalue weighted by Gasteiger charge is -2.02. The number of nitrogens with one attached hydrogen (secondary N) is 1. The molecular formula is C17H23N3O. The fraction of sp³-hybridized carbons (Fsp3) is 0.529. The lowest BCUT2D eigenvalue weighted by atomic mass is 10.1. The molecule has 0 aliphatic heterocycles. The van der Waals surface area contributed by atoms with Crippen LogP contribution < -0.4 is 5.32 Å². The van der Waals surface area contributed by atoms with Crippen molar-refractivity contribution < 1.29 is 4.42 Å². The highest BCUT2D eigenvalue weighted by molar-refractivity contribution is 5.34. The molecule has 0 fully saturated rings. The van der Waals surface area contributed by atoms with Gasteiger partial charge in [-0.15, -0.1) is 10.2 Å². The summed E-state index contributed by atoms with van der Waals surface area (Å²) in [4.78, 5) is 0. The average molecular weight is 285 g/mol. The van der Waals surface area contributed by atoms with Crippen molar-refractivity contribution in [2.45, 2.75) is 44.9 Å². The summed E-state index contributed by atoms with van der Waals surface area (Å²) in [6, 6.07) is 8.60. The van der Waals surface area contributed by atoms with Crippen LogP contribution in [0.1, 0.15) is 48.6 Å². The Hall–Kier alpha value is -1.68. The van der Waals surface area contributed by atoms with Gasteiger partial charge >= 0.3 is 0 Å². The van der Waals surface area contributed by atoms with Crippen molar-refractivity contribution in [3.05, 3.63) is 47.2 Å². The van der Waals surface area contributed by atoms with Crippen LogP contribution in [0.5, 0.6) is 0 Å². The Kier molecular flexibility index (Phi) is 4.65. The number of fused-ring (bicyclic) bond motifs is 1. The first-order chi connectivity index (χ1) is 10.4. The maximum absolute atomic E-state index is 5.86. The Balaban J connectivity index is 1.52. The van der Waals surface area contributed by atoms with Gasteiger partial charge in [0.25, 0.3) is 0 Å². The van der Waals surface area contributed by atoms with E-state index in [4.69, 9.17) is 4.42 Å². The monoisotopic (exact) mass is 285 g/mol. The molecule has 0 saturated carbocycles. The van der Waals surface area contributed by atoms with E-state index in [1.165, 1.54) is 17.5 Å². The predicted molar refractivity (Wildman–Crippen MR) is 82.4 cm³/mol. The Labute approximate surface area is 126 Å². The molecule has 4 heteroatoms. The third-order valence-electron chi connectivity index (χ3n) is 4.05. The van der Waals surface area contributed by atoms with E-state index in [9.17, 15) is 0 Å². The fourth-order valence-electron chi connectivity index (χ4n) is 2.93. The summed E-state index contributed by atoms with van der Waals surface area (Å²) in [5.74, 6) is 1.95. The zero-order valence-electron chi connectivity index (χ0n) is 12.6. The van der Waals surface area contributed by atoms with Gasteiger partial charge in [0.2, 0.25) is 11.8 Å². The van der Waals surface area contributed by atoms with E-state index in [0.29, 0.717) is 5.92 Å². The molecule has 112 valence electrons. The van der Waals surface area contributed by atoms with Crippen LogP contribution in [0.2, 0.25) is 0 Å². The summed E-state index contributed by atoms with van der Waals surface area (Å²) in [6.07, 6.45) is 5.13. The summed E-state index contributed by atoms with van der Waals surface area (Å²) in [6.45, 7) is 4.27. The Morgan fingerprint density at radius 3 is 2.62 bits per heavy atom. The van der Waals surface area contributed by atoms with Crippen LogP contribution in [0, 0.1) is 0 Å². The van der Waals surface area contributed by atoms with Crippen LogP contribution in [-0.4, -0.2) is 23.3 Å². The molecule has 4 nitrogen and oxygen atoms in total. The van der Waals surface area contributed by atoms with Gasteiger partial charge in [-0.3, -0.25) is 0 Å². The molecule has 0 unspecified atom stereocenters. The maximum atomic E-state index is 5.86. The predicted octanol–water partition coefficient (Wildman–Crippen LogP) is 2.88. The molecule has 0 radical (unpaired) electrons. The summed E-state index contributed by atoms with van der Waals surface area (Å²) >= 11 is 0. The third-order valence-corrected chi connectivity index (χ3v) is 4.05. The third kappa shape index (κ3) is 3.50. The van der Waals surface area contributed by atoms with Gasteiger partial charge in [-0.25, -0.2) is 0 Å². The molecule has 0 atom stereocenters. The molecule has 0 saturated heterocycles. The number of rotatable bonds is 7. The molecule has 0 amide bonds. The maximum Gasteiger partial charge on any atom is 0.220 e. The van der Waals surface area contributed by atoms with E-state index in [2.05, 4.69) is 46.7 Å². The van der Waals surface area contributed by atoms with Crippen molar-refractivity contribution in [3.8, 4) is 0 Å². The summed E-state index contributed by atoms with van der Waals surface area (Å²) in [7, 11) is 0. The van der Waals surface area contributed by atoms with Crippen LogP contribution in [0.25, 0.3) is 0 Å². The van der Waals surface area contributed by atoms with Gasteiger partial charge in [0.1, 0.15) is 0 Å². The summed E-state index contributed by atoms with van der Waals surface area (Å²) in [5, 5.41) is 11.8. The topological polar surface area (TPSA) is 51.0 Å². The van der Waals surface area contributed by atoms with Crippen LogP contribution in [0.4, 0.5) is 0 Å². The molecule has 1 N–H and O–H groups in total. The molecule has 1 aliphatic carbocycles. The van der Waals surface area contributed by atoms with E-state index >= 15 is 0 Å². The SMILES string of the molecule is CCCNCCCc1nnc(C2Cc3ccccc3C2)o1. The minimum absolute atomic E-state index is 0.363. The normalized spacial score (nSPS) is 14.5. The van der Waals surface area contributed by atoms with Crippen molar-refractivity contribution in [2.24, 2.45) is 0 Å². The van der Waals surface area contributed by atoms with Gasteiger partial charge in [0.15, 0.2) is 0 Å². The van der Waals surface area contributed by atoms with E-state index in [0.717, 1.165) is 50.6 Å². The lowest BCUT2D eigenvalue weighted by molar-refractivity contribution is 0.413. The number of aryl methyl sites for hydroxylation is 1. The molecule has 1 aliphatic rings. The smallest absolute Gasteiger partial charge is 0.220 e. The second-order valence-electron chi connectivity index (χ2n) is 5.76. The van der Waals surface area contributed by atoms with Gasteiger partial charge < -0.3 is 9.73 Å². The molecule has 1 aromatic heterocycles. The average Bonchev–Trinajstić information content (AvgIpc) is 3.13. The van der Waals surface area contributed by atoms with Crippen LogP contribution >= 0.6 is 0 Å². The Morgan fingerprint density at radius 2 is 1.90 bits per heavy atom. The van der Waals surface area contributed by atoms with Crippen LogP contribution in [-0.2, 0) is 19.3 Å². The van der Waals surface area contributed by atoms with E-state index in [-0.39, 0.29) is 0 Å². The first-order valence-corrected chi connectivity index (χ1v) is 7.96. The summed E-state index contributed by atoms with van der Waals surface area (Å²) < 4.78 is 5.86. The number of benzene rings is 1. The minimum Gasteiger partial charge on any atom is -0.425 e. The number of nitrogens with zero attached hydrogens (tertiary/aromatic N) is 2. The molecular weight excluding hydrogens is 262 g/mol. The quantitative estimate of drug-likeness (QED) is 0.795. The van der Waals surface area contributed by atoms with Crippen molar-refractivity contribution in [1.82, 2.24) is 15.5 Å². The molecule has 0 spiro atoms. The standard InChI is InChI=1S/C17H23N3O/c1-2-9-18-10-5-8-16-19-20-17(21-16)15-11-13-6-3-4-7-14(13)12-15/h3-4,6-7,15,18H,2,5,8-12H2,1H3. The largest absolute Gasteiger partial charge is 0.425 e. The van der Waals surface area contributed by atoms with Crippen molar-refractivity contribution >= 4 is 0 Å². The Bertz CT molecular complexity index is 554. The highest BCUT2D eigenvalue weighted by Gasteiger charge is 2.26. The number of hydrogen-bond donors (Lipinski definition) is 1. The molecule has 21 heavy (non-hydrogen) atoms. The van der Waals surface area contributed by atoms with E-state index in [1.807, 2.05) is 0 Å². The zero-order chi connectivity index (χ0) is 14.5. The zero-order valence-corrected chi connectivity index (χ0v) is 12.6. The highest BCUT2D eigenvalue weighted by atomic mass is 16.4. The lowest BCUT2D eigenvalue weighted by Crippen LogP contribution is -2.16. The van der Waals surface area contributed by atoms with E-state index in [1.54, 1.807) is 0 Å². The minimum atomic E-state index is 0.363. The van der Waals surface area contributed by atoms with Crippen LogP contribution in [0.15, 0.2) is 28.7 Å². The molecule has 1 heterocycles. The van der Waals surface area contributed by atoms with Gasteiger partial charge in [-0.1, -0.05) is 31.2 Å². The van der Waals surface area contributed by atoms with Crippen molar-refractivity contribution in [2.75, 3.05) is 13.1 Å². The van der Waals surface area contributed by atoms with Gasteiger partial charge in [0, 0.05) is 12.3 Å². The van der Waals surface area contributed by atoms with Crippen molar-refractivity contribution in [3.63, 3.8) is 0 Å². The molecule has 2 aromatic rings. The molecule has 3 rings (SSSR count). The second-order valence-corrected chi connectivity index (χ2v) is 5.76. The second kappa shape index (κ2) is 6.85. The fourth-order valence-corrected chi connectivity index (χ4v) is 2.93. The van der Waals surface area contributed by atoms with E-state index < -0.39 is 0 Å². The first kappa shape index (κ1) is 14.3. The van der Waals surface area contributed by atoms with Gasteiger partial charge in [0.05, 0.1) is 0 Å². The van der Waals surface area contributed by atoms with Gasteiger partial charge in [-0.2, -0.15) is 0 Å². The Morgan fingerprint density at radius 1 is 1.14 bits per heavy atom. The summed E-state index contributed by atoms with van der Waals surface area (Å²) in [5.41, 5.74) is 2.84.